The van der Waals surface area contributed by atoms with Crippen LogP contribution in [0, 0.1) is 10.1 Å². The van der Waals surface area contributed by atoms with Gasteiger partial charge in [0.15, 0.2) is 5.11 Å². The van der Waals surface area contributed by atoms with Gasteiger partial charge in [-0.05, 0) is 37.3 Å². The van der Waals surface area contributed by atoms with Crippen molar-refractivity contribution < 1.29 is 14.8 Å². The highest BCUT2D eigenvalue weighted by molar-refractivity contribution is 7.80. The van der Waals surface area contributed by atoms with E-state index in [2.05, 4.69) is 15.8 Å². The lowest BCUT2D eigenvalue weighted by Gasteiger charge is -2.09. The second-order valence-corrected chi connectivity index (χ2v) is 5.33. The van der Waals surface area contributed by atoms with E-state index in [1.165, 1.54) is 25.3 Å². The molecule has 0 aromatic heterocycles. The highest BCUT2D eigenvalue weighted by Gasteiger charge is 2.13. The molecular formula is C16H16N4O4S. The largest absolute Gasteiger partial charge is 0.507 e. The van der Waals surface area contributed by atoms with Crippen LogP contribution >= 0.6 is 12.2 Å². The number of methoxy groups -OCH3 is 1. The highest BCUT2D eigenvalue weighted by atomic mass is 32.1. The Hall–Kier alpha value is -3.20. The summed E-state index contributed by atoms with van der Waals surface area (Å²) >= 11 is 5.09. The Morgan fingerprint density at radius 3 is 2.68 bits per heavy atom. The van der Waals surface area contributed by atoms with Crippen molar-refractivity contribution in [1.29, 1.82) is 0 Å². The normalized spacial score (nSPS) is 10.9. The summed E-state index contributed by atoms with van der Waals surface area (Å²) < 4.78 is 5.02. The summed E-state index contributed by atoms with van der Waals surface area (Å²) in [5.41, 5.74) is 3.73. The van der Waals surface area contributed by atoms with Gasteiger partial charge in [-0.2, -0.15) is 5.10 Å². The average molecular weight is 360 g/mol. The highest BCUT2D eigenvalue weighted by Crippen LogP contribution is 2.24. The Balaban J connectivity index is 2.09. The Morgan fingerprint density at radius 1 is 1.32 bits per heavy atom. The van der Waals surface area contributed by atoms with Crippen molar-refractivity contribution >= 4 is 34.4 Å². The van der Waals surface area contributed by atoms with Crippen molar-refractivity contribution in [3.8, 4) is 11.5 Å². The molecule has 0 radical (unpaired) electrons. The molecule has 2 rings (SSSR count). The first-order chi connectivity index (χ1) is 11.9. The van der Waals surface area contributed by atoms with Gasteiger partial charge in [0.1, 0.15) is 17.2 Å². The van der Waals surface area contributed by atoms with Crippen molar-refractivity contribution in [1.82, 2.24) is 5.43 Å². The van der Waals surface area contributed by atoms with Crippen LogP contribution in [0.25, 0.3) is 0 Å². The zero-order chi connectivity index (χ0) is 18.4. The van der Waals surface area contributed by atoms with Crippen LogP contribution in [0.4, 0.5) is 11.4 Å². The molecule has 0 bridgehead atoms. The fourth-order valence-corrected chi connectivity index (χ4v) is 2.18. The number of nitrogens with zero attached hydrogens (tertiary/aromatic N) is 2. The molecular weight excluding hydrogens is 344 g/mol. The molecule has 0 heterocycles. The third-order valence-electron chi connectivity index (χ3n) is 3.27. The Morgan fingerprint density at radius 2 is 2.04 bits per heavy atom. The molecule has 0 amide bonds. The summed E-state index contributed by atoms with van der Waals surface area (Å²) in [6.45, 7) is 1.68. The monoisotopic (exact) mass is 360 g/mol. The summed E-state index contributed by atoms with van der Waals surface area (Å²) in [4.78, 5) is 10.5. The molecule has 0 aliphatic heterocycles. The molecule has 130 valence electrons. The molecule has 0 aliphatic carbocycles. The van der Waals surface area contributed by atoms with Crippen LogP contribution in [0.15, 0.2) is 47.6 Å². The van der Waals surface area contributed by atoms with E-state index < -0.39 is 4.92 Å². The Bertz CT molecular complexity index is 839. The number of nitro benzene ring substituents is 1. The van der Waals surface area contributed by atoms with Gasteiger partial charge in [-0.25, -0.2) is 0 Å². The average Bonchev–Trinajstić information content (AvgIpc) is 2.59. The van der Waals surface area contributed by atoms with E-state index in [0.29, 0.717) is 17.0 Å². The number of phenolic OH excluding ortho intramolecular Hbond substituents is 1. The zero-order valence-electron chi connectivity index (χ0n) is 13.5. The molecule has 2 aromatic rings. The molecule has 0 fully saturated rings. The summed E-state index contributed by atoms with van der Waals surface area (Å²) in [7, 11) is 1.50. The van der Waals surface area contributed by atoms with Crippen LogP contribution < -0.4 is 15.5 Å². The minimum atomic E-state index is -0.505. The van der Waals surface area contributed by atoms with Crippen molar-refractivity contribution in [2.24, 2.45) is 5.10 Å². The van der Waals surface area contributed by atoms with Gasteiger partial charge >= 0.3 is 0 Å². The van der Waals surface area contributed by atoms with Crippen LogP contribution in [0.5, 0.6) is 11.5 Å². The van der Waals surface area contributed by atoms with E-state index in [4.69, 9.17) is 17.0 Å². The fraction of sp³-hybridized carbons (Fsp3) is 0.125. The van der Waals surface area contributed by atoms with Crippen LogP contribution in [-0.2, 0) is 0 Å². The quantitative estimate of drug-likeness (QED) is 0.325. The van der Waals surface area contributed by atoms with E-state index in [1.54, 1.807) is 31.2 Å². The number of aromatic hydroxyl groups is 1. The fourth-order valence-electron chi connectivity index (χ4n) is 2.03. The van der Waals surface area contributed by atoms with Gasteiger partial charge in [0.05, 0.1) is 17.7 Å². The molecule has 0 saturated heterocycles. The molecule has 0 saturated carbocycles. The first-order valence-electron chi connectivity index (χ1n) is 7.14. The second-order valence-electron chi connectivity index (χ2n) is 4.92. The molecule has 25 heavy (non-hydrogen) atoms. The van der Waals surface area contributed by atoms with Crippen LogP contribution in [-0.4, -0.2) is 28.0 Å². The van der Waals surface area contributed by atoms with E-state index in [1.807, 2.05) is 0 Å². The summed E-state index contributed by atoms with van der Waals surface area (Å²) in [5, 5.41) is 27.8. The Kier molecular flexibility index (Phi) is 5.85. The Labute approximate surface area is 149 Å². The number of nitro groups is 1. The molecule has 9 heteroatoms. The van der Waals surface area contributed by atoms with Gasteiger partial charge in [0.2, 0.25) is 0 Å². The number of anilines is 1. The molecule has 0 atom stereocenters. The van der Waals surface area contributed by atoms with E-state index in [-0.39, 0.29) is 22.2 Å². The maximum atomic E-state index is 11.0. The van der Waals surface area contributed by atoms with E-state index in [9.17, 15) is 15.2 Å². The number of benzene rings is 2. The van der Waals surface area contributed by atoms with Crippen molar-refractivity contribution in [2.45, 2.75) is 6.92 Å². The van der Waals surface area contributed by atoms with Crippen molar-refractivity contribution in [3.63, 3.8) is 0 Å². The molecule has 0 aliphatic rings. The maximum absolute atomic E-state index is 11.0. The SMILES string of the molecule is COc1ccc(/C(C)=N/NC(=S)Nc2ccccc2[N+](=O)[O-])c(O)c1. The number of hydrogen-bond acceptors (Lipinski definition) is 6. The number of nitrogens with one attached hydrogen (secondary N) is 2. The van der Waals surface area contributed by atoms with Crippen LogP contribution in [0.3, 0.4) is 0 Å². The number of rotatable bonds is 5. The summed E-state index contributed by atoms with van der Waals surface area (Å²) in [5.74, 6) is 0.538. The minimum absolute atomic E-state index is 0.0139. The van der Waals surface area contributed by atoms with Gasteiger partial charge in [-0.1, -0.05) is 12.1 Å². The second kappa shape index (κ2) is 8.06. The third-order valence-corrected chi connectivity index (χ3v) is 3.46. The number of phenols is 1. The van der Waals surface area contributed by atoms with Gasteiger partial charge in [0, 0.05) is 17.7 Å². The van der Waals surface area contributed by atoms with Gasteiger partial charge in [-0.15, -0.1) is 0 Å². The molecule has 0 unspecified atom stereocenters. The van der Waals surface area contributed by atoms with Crippen molar-refractivity contribution in [2.75, 3.05) is 12.4 Å². The molecule has 3 N–H and O–H groups in total. The van der Waals surface area contributed by atoms with Gasteiger partial charge in [-0.3, -0.25) is 15.5 Å². The zero-order valence-corrected chi connectivity index (χ0v) is 14.3. The number of thiocarbonyl (C=S) groups is 1. The third kappa shape index (κ3) is 4.64. The van der Waals surface area contributed by atoms with Gasteiger partial charge in [0.25, 0.3) is 5.69 Å². The predicted molar refractivity (Wildman–Crippen MR) is 99.3 cm³/mol. The van der Waals surface area contributed by atoms with Gasteiger partial charge < -0.3 is 15.2 Å². The number of hydrogen-bond donors (Lipinski definition) is 3. The summed E-state index contributed by atoms with van der Waals surface area (Å²) in [6, 6.07) is 11.0. The first-order valence-corrected chi connectivity index (χ1v) is 7.55. The first kappa shape index (κ1) is 18.1. The lowest BCUT2D eigenvalue weighted by atomic mass is 10.1. The van der Waals surface area contributed by atoms with Crippen molar-refractivity contribution in [3.05, 3.63) is 58.1 Å². The number of hydrazone groups is 1. The molecule has 0 spiro atoms. The molecule has 2 aromatic carbocycles. The van der Waals surface area contributed by atoms with E-state index in [0.717, 1.165) is 0 Å². The van der Waals surface area contributed by atoms with Crippen LogP contribution in [0.1, 0.15) is 12.5 Å². The summed E-state index contributed by atoms with van der Waals surface area (Å²) in [6.07, 6.45) is 0. The predicted octanol–water partition coefficient (Wildman–Crippen LogP) is 3.02. The topological polar surface area (TPSA) is 109 Å². The lowest BCUT2D eigenvalue weighted by Crippen LogP contribution is -2.25. The standard InChI is InChI=1S/C16H16N4O4S/c1-10(12-8-7-11(24-2)9-15(12)21)18-19-16(25)17-13-5-3-4-6-14(13)20(22)23/h3-9,21H,1-2H3,(H2,17,19,25)/b18-10+. The number of ether oxygens (including phenoxy) is 1. The molecule has 8 nitrogen and oxygen atoms in total. The van der Waals surface area contributed by atoms with E-state index >= 15 is 0 Å². The lowest BCUT2D eigenvalue weighted by molar-refractivity contribution is -0.383. The minimum Gasteiger partial charge on any atom is -0.507 e. The number of para-hydroxylation sites is 2. The maximum Gasteiger partial charge on any atom is 0.292 e. The van der Waals surface area contributed by atoms with Crippen LogP contribution in [0.2, 0.25) is 0 Å². The smallest absolute Gasteiger partial charge is 0.292 e.